The number of carbonyl (C=O) groups is 1. The van der Waals surface area contributed by atoms with Gasteiger partial charge in [-0.2, -0.15) is 0 Å². The quantitative estimate of drug-likeness (QED) is 0.364. The molecule has 0 spiro atoms. The van der Waals surface area contributed by atoms with Crippen molar-refractivity contribution in [2.24, 2.45) is 0 Å². The Morgan fingerprint density at radius 3 is 2.38 bits per heavy atom. The molecule has 0 saturated carbocycles. The van der Waals surface area contributed by atoms with Crippen molar-refractivity contribution in [1.29, 1.82) is 5.41 Å². The van der Waals surface area contributed by atoms with Crippen LogP contribution in [0, 0.1) is 5.41 Å². The molecule has 3 rings (SSSR count). The van der Waals surface area contributed by atoms with Gasteiger partial charge in [0.15, 0.2) is 0 Å². The fraction of sp³-hybridized carbons (Fsp3) is 0.130. The predicted molar refractivity (Wildman–Crippen MR) is 105 cm³/mol. The monoisotopic (exact) mass is 343 g/mol. The van der Waals surface area contributed by atoms with E-state index in [1.165, 1.54) is 11.8 Å². The third-order valence-corrected chi connectivity index (χ3v) is 4.20. The van der Waals surface area contributed by atoms with Crippen molar-refractivity contribution in [3.05, 3.63) is 89.5 Å². The van der Waals surface area contributed by atoms with Gasteiger partial charge in [-0.25, -0.2) is 4.79 Å². The van der Waals surface area contributed by atoms with E-state index in [0.29, 0.717) is 16.9 Å². The highest BCUT2D eigenvalue weighted by Gasteiger charge is 2.10. The summed E-state index contributed by atoms with van der Waals surface area (Å²) in [5.74, 6) is 0.0295. The highest BCUT2D eigenvalue weighted by molar-refractivity contribution is 5.92. The molecule has 130 valence electrons. The Kier molecular flexibility index (Phi) is 5.59. The highest BCUT2D eigenvalue weighted by Crippen LogP contribution is 2.27. The van der Waals surface area contributed by atoms with Gasteiger partial charge in [-0.05, 0) is 47.4 Å². The van der Waals surface area contributed by atoms with E-state index in [-0.39, 0.29) is 0 Å². The maximum Gasteiger partial charge on any atom is 0.343 e. The van der Waals surface area contributed by atoms with Gasteiger partial charge in [-0.3, -0.25) is 0 Å². The predicted octanol–water partition coefficient (Wildman–Crippen LogP) is 5.52. The van der Waals surface area contributed by atoms with Gasteiger partial charge in [0.25, 0.3) is 0 Å². The van der Waals surface area contributed by atoms with Gasteiger partial charge in [0.1, 0.15) is 5.75 Å². The Labute approximate surface area is 153 Å². The molecule has 0 aliphatic carbocycles. The largest absolute Gasteiger partial charge is 0.423 e. The molecule has 0 bridgehead atoms. The van der Waals surface area contributed by atoms with E-state index < -0.39 is 5.97 Å². The summed E-state index contributed by atoms with van der Waals surface area (Å²) in [6, 6.07) is 22.6. The van der Waals surface area contributed by atoms with Crippen LogP contribution in [-0.2, 0) is 6.42 Å². The number of esters is 1. The number of rotatable bonds is 6. The Bertz CT molecular complexity index is 899. The Morgan fingerprint density at radius 2 is 1.73 bits per heavy atom. The van der Waals surface area contributed by atoms with Crippen LogP contribution in [0.5, 0.6) is 5.75 Å². The van der Waals surface area contributed by atoms with E-state index in [1.807, 2.05) is 12.1 Å². The molecule has 0 aliphatic heterocycles. The first-order chi connectivity index (χ1) is 12.7. The Balaban J connectivity index is 1.83. The molecular weight excluding hydrogens is 322 g/mol. The number of ether oxygens (including phenoxy) is 1. The van der Waals surface area contributed by atoms with Crippen molar-refractivity contribution in [3.8, 4) is 16.9 Å². The molecule has 0 aliphatic rings. The van der Waals surface area contributed by atoms with Crippen LogP contribution < -0.4 is 4.74 Å². The lowest BCUT2D eigenvalue weighted by molar-refractivity contribution is 0.0735. The van der Waals surface area contributed by atoms with Crippen molar-refractivity contribution in [2.45, 2.75) is 19.8 Å². The second-order valence-electron chi connectivity index (χ2n) is 6.10. The number of nitrogens with one attached hydrogen (secondary N) is 1. The van der Waals surface area contributed by atoms with Crippen LogP contribution in [0.1, 0.15) is 34.8 Å². The lowest BCUT2D eigenvalue weighted by Crippen LogP contribution is -2.08. The number of aryl methyl sites for hydroxylation is 1. The van der Waals surface area contributed by atoms with Gasteiger partial charge in [0.2, 0.25) is 0 Å². The van der Waals surface area contributed by atoms with Crippen molar-refractivity contribution in [1.82, 2.24) is 0 Å². The first-order valence-corrected chi connectivity index (χ1v) is 8.72. The smallest absolute Gasteiger partial charge is 0.343 e. The summed E-state index contributed by atoms with van der Waals surface area (Å²) in [6.45, 7) is 2.16. The molecule has 1 N–H and O–H groups in total. The molecule has 3 nitrogen and oxygen atoms in total. The van der Waals surface area contributed by atoms with Crippen LogP contribution in [0.3, 0.4) is 0 Å². The van der Waals surface area contributed by atoms with E-state index in [9.17, 15) is 4.79 Å². The highest BCUT2D eigenvalue weighted by atomic mass is 16.5. The standard InChI is InChI=1S/C23H21NO2/c1-2-6-17-9-11-18(12-10-17)22-14-13-21(15-20(22)16-24)26-23(25)19-7-4-3-5-8-19/h3-5,7-16,24H,2,6H2,1H3. The summed E-state index contributed by atoms with van der Waals surface area (Å²) in [7, 11) is 0. The number of hydrogen-bond acceptors (Lipinski definition) is 3. The van der Waals surface area contributed by atoms with Gasteiger partial charge in [0, 0.05) is 11.8 Å². The fourth-order valence-corrected chi connectivity index (χ4v) is 2.87. The summed E-state index contributed by atoms with van der Waals surface area (Å²) in [6.07, 6.45) is 3.47. The van der Waals surface area contributed by atoms with E-state index in [4.69, 9.17) is 10.1 Å². The van der Waals surface area contributed by atoms with E-state index in [1.54, 1.807) is 36.4 Å². The molecule has 0 fully saturated rings. The average Bonchev–Trinajstić information content (AvgIpc) is 2.69. The second-order valence-corrected chi connectivity index (χ2v) is 6.10. The Hall–Kier alpha value is -3.20. The minimum absolute atomic E-state index is 0.404. The van der Waals surface area contributed by atoms with Crippen molar-refractivity contribution >= 4 is 12.2 Å². The third-order valence-electron chi connectivity index (χ3n) is 4.20. The minimum atomic E-state index is -0.404. The van der Waals surface area contributed by atoms with E-state index >= 15 is 0 Å². The summed E-state index contributed by atoms with van der Waals surface area (Å²) >= 11 is 0. The maximum atomic E-state index is 12.2. The van der Waals surface area contributed by atoms with Crippen LogP contribution >= 0.6 is 0 Å². The topological polar surface area (TPSA) is 50.2 Å². The molecule has 0 saturated heterocycles. The zero-order valence-electron chi connectivity index (χ0n) is 14.7. The van der Waals surface area contributed by atoms with Crippen molar-refractivity contribution in [2.75, 3.05) is 0 Å². The second kappa shape index (κ2) is 8.26. The fourth-order valence-electron chi connectivity index (χ4n) is 2.87. The Morgan fingerprint density at radius 1 is 1.00 bits per heavy atom. The van der Waals surface area contributed by atoms with Crippen molar-refractivity contribution in [3.63, 3.8) is 0 Å². The normalized spacial score (nSPS) is 10.3. The molecule has 3 aromatic carbocycles. The zero-order chi connectivity index (χ0) is 18.4. The lowest BCUT2D eigenvalue weighted by atomic mass is 9.98. The van der Waals surface area contributed by atoms with Crippen LogP contribution in [0.25, 0.3) is 11.1 Å². The summed E-state index contributed by atoms with van der Waals surface area (Å²) < 4.78 is 5.44. The molecule has 0 amide bonds. The van der Waals surface area contributed by atoms with Crippen LogP contribution in [0.15, 0.2) is 72.8 Å². The minimum Gasteiger partial charge on any atom is -0.423 e. The average molecular weight is 343 g/mol. The van der Waals surface area contributed by atoms with Gasteiger partial charge >= 0.3 is 5.97 Å². The SMILES string of the molecule is CCCc1ccc(-c2ccc(OC(=O)c3ccccc3)cc2C=N)cc1. The van der Waals surface area contributed by atoms with Crippen LogP contribution in [0.4, 0.5) is 0 Å². The molecule has 3 heteroatoms. The lowest BCUT2D eigenvalue weighted by Gasteiger charge is -2.10. The van der Waals surface area contributed by atoms with Gasteiger partial charge in [-0.1, -0.05) is 61.9 Å². The molecule has 26 heavy (non-hydrogen) atoms. The van der Waals surface area contributed by atoms with Gasteiger partial charge < -0.3 is 10.1 Å². The zero-order valence-corrected chi connectivity index (χ0v) is 14.7. The summed E-state index contributed by atoms with van der Waals surface area (Å²) in [5.41, 5.74) is 4.51. The number of benzene rings is 3. The first-order valence-electron chi connectivity index (χ1n) is 8.72. The molecule has 0 unspecified atom stereocenters. The molecular formula is C23H21NO2. The summed E-state index contributed by atoms with van der Waals surface area (Å²) in [4.78, 5) is 12.2. The first kappa shape index (κ1) is 17.6. The molecule has 0 atom stereocenters. The maximum absolute atomic E-state index is 12.2. The molecule has 0 aromatic heterocycles. The van der Waals surface area contributed by atoms with Gasteiger partial charge in [-0.15, -0.1) is 0 Å². The van der Waals surface area contributed by atoms with E-state index in [0.717, 1.165) is 24.0 Å². The van der Waals surface area contributed by atoms with Crippen LogP contribution in [0.2, 0.25) is 0 Å². The third kappa shape index (κ3) is 4.06. The van der Waals surface area contributed by atoms with Gasteiger partial charge in [0.05, 0.1) is 5.56 Å². The molecule has 3 aromatic rings. The summed E-state index contributed by atoms with van der Waals surface area (Å²) in [5, 5.41) is 7.72. The number of hydrogen-bond donors (Lipinski definition) is 1. The molecule has 0 heterocycles. The number of carbonyl (C=O) groups excluding carboxylic acids is 1. The van der Waals surface area contributed by atoms with Crippen LogP contribution in [-0.4, -0.2) is 12.2 Å². The van der Waals surface area contributed by atoms with Crippen molar-refractivity contribution < 1.29 is 9.53 Å². The van der Waals surface area contributed by atoms with E-state index in [2.05, 4.69) is 31.2 Å². The molecule has 0 radical (unpaired) electrons.